The number of carbonyl (C=O) groups is 1. The molecule has 1 aromatic rings. The SMILES string of the molecule is Cc1ccc(S(=O)(=O)N2CC2(C)C=O)cc1. The third-order valence-electron chi connectivity index (χ3n) is 2.79. The monoisotopic (exact) mass is 239 g/mol. The van der Waals surface area contributed by atoms with Crippen molar-refractivity contribution < 1.29 is 13.2 Å². The summed E-state index contributed by atoms with van der Waals surface area (Å²) in [6.45, 7) is 3.78. The average Bonchev–Trinajstić information content (AvgIpc) is 2.93. The van der Waals surface area contributed by atoms with Gasteiger partial charge in [0, 0.05) is 6.54 Å². The van der Waals surface area contributed by atoms with Crippen LogP contribution in [0.1, 0.15) is 12.5 Å². The molecule has 1 aliphatic rings. The van der Waals surface area contributed by atoms with Crippen molar-refractivity contribution in [2.75, 3.05) is 6.54 Å². The number of sulfonamides is 1. The molecular formula is C11H13NO3S. The van der Waals surface area contributed by atoms with E-state index in [2.05, 4.69) is 0 Å². The van der Waals surface area contributed by atoms with Gasteiger partial charge in [0.05, 0.1) is 4.90 Å². The highest BCUT2D eigenvalue weighted by Crippen LogP contribution is 2.36. The van der Waals surface area contributed by atoms with E-state index in [1.54, 1.807) is 31.2 Å². The molecule has 0 saturated carbocycles. The van der Waals surface area contributed by atoms with Crippen LogP contribution >= 0.6 is 0 Å². The van der Waals surface area contributed by atoms with Crippen molar-refractivity contribution in [2.45, 2.75) is 24.3 Å². The molecule has 1 saturated heterocycles. The third-order valence-corrected chi connectivity index (χ3v) is 4.79. The predicted octanol–water partition coefficient (Wildman–Crippen LogP) is 0.957. The molecule has 5 heteroatoms. The molecule has 16 heavy (non-hydrogen) atoms. The molecule has 1 aliphatic heterocycles. The van der Waals surface area contributed by atoms with E-state index in [0.717, 1.165) is 5.56 Å². The fraction of sp³-hybridized carbons (Fsp3) is 0.364. The smallest absolute Gasteiger partial charge is 0.244 e. The minimum absolute atomic E-state index is 0.240. The van der Waals surface area contributed by atoms with Crippen LogP contribution in [-0.4, -0.2) is 31.1 Å². The zero-order valence-corrected chi connectivity index (χ0v) is 9.99. The van der Waals surface area contributed by atoms with Crippen LogP contribution in [0, 0.1) is 6.92 Å². The Hall–Kier alpha value is -1.20. The molecule has 2 atom stereocenters. The van der Waals surface area contributed by atoms with Gasteiger partial charge in [-0.05, 0) is 26.0 Å². The summed E-state index contributed by atoms with van der Waals surface area (Å²) < 4.78 is 25.3. The van der Waals surface area contributed by atoms with Gasteiger partial charge in [-0.3, -0.25) is 0 Å². The van der Waals surface area contributed by atoms with Gasteiger partial charge in [0.1, 0.15) is 11.8 Å². The van der Waals surface area contributed by atoms with Crippen LogP contribution in [0.2, 0.25) is 0 Å². The molecule has 2 rings (SSSR count). The normalized spacial score (nSPS) is 28.8. The fourth-order valence-corrected chi connectivity index (χ4v) is 3.31. The first kappa shape index (κ1) is 11.3. The Balaban J connectivity index is 2.35. The highest BCUT2D eigenvalue weighted by Gasteiger charge is 2.55. The van der Waals surface area contributed by atoms with Gasteiger partial charge >= 0.3 is 0 Å². The van der Waals surface area contributed by atoms with Crippen LogP contribution in [0.15, 0.2) is 29.2 Å². The summed E-state index contributed by atoms with van der Waals surface area (Å²) in [6.07, 6.45) is 0.679. The van der Waals surface area contributed by atoms with Gasteiger partial charge in [-0.2, -0.15) is 4.31 Å². The second-order valence-electron chi connectivity index (χ2n) is 4.30. The van der Waals surface area contributed by atoms with Crippen molar-refractivity contribution in [1.29, 1.82) is 0 Å². The summed E-state index contributed by atoms with van der Waals surface area (Å²) in [4.78, 5) is 11.0. The molecule has 4 nitrogen and oxygen atoms in total. The first-order valence-corrected chi connectivity index (χ1v) is 6.40. The summed E-state index contributed by atoms with van der Waals surface area (Å²) in [5.41, 5.74) is 0.159. The van der Waals surface area contributed by atoms with E-state index < -0.39 is 15.6 Å². The van der Waals surface area contributed by atoms with E-state index in [9.17, 15) is 13.2 Å². The summed E-state index contributed by atoms with van der Waals surface area (Å²) >= 11 is 0. The van der Waals surface area contributed by atoms with Crippen LogP contribution in [0.4, 0.5) is 0 Å². The Morgan fingerprint density at radius 2 is 1.88 bits per heavy atom. The standard InChI is InChI=1S/C11H13NO3S/c1-9-3-5-10(6-4-9)16(14,15)12-7-11(12,2)8-13/h3-6,8H,7H2,1-2H3. The van der Waals surface area contributed by atoms with Gasteiger partial charge in [-0.25, -0.2) is 8.42 Å². The maximum Gasteiger partial charge on any atom is 0.244 e. The first-order valence-electron chi connectivity index (χ1n) is 4.96. The molecule has 2 unspecified atom stereocenters. The Morgan fingerprint density at radius 3 is 2.31 bits per heavy atom. The zero-order valence-electron chi connectivity index (χ0n) is 9.17. The molecule has 0 amide bonds. The van der Waals surface area contributed by atoms with Crippen molar-refractivity contribution in [2.24, 2.45) is 0 Å². The predicted molar refractivity (Wildman–Crippen MR) is 59.5 cm³/mol. The second-order valence-corrected chi connectivity index (χ2v) is 6.16. The van der Waals surface area contributed by atoms with Gasteiger partial charge in [0.2, 0.25) is 10.0 Å². The first-order chi connectivity index (χ1) is 7.40. The van der Waals surface area contributed by atoms with E-state index in [1.165, 1.54) is 4.31 Å². The summed E-state index contributed by atoms with van der Waals surface area (Å²) in [6, 6.07) is 6.62. The molecule has 1 heterocycles. The van der Waals surface area contributed by atoms with Crippen molar-refractivity contribution in [3.8, 4) is 0 Å². The summed E-state index contributed by atoms with van der Waals surface area (Å²) in [5.74, 6) is 0. The average molecular weight is 239 g/mol. The highest BCUT2D eigenvalue weighted by molar-refractivity contribution is 7.89. The Kier molecular flexibility index (Phi) is 2.40. The molecule has 0 aliphatic carbocycles. The van der Waals surface area contributed by atoms with Gasteiger partial charge < -0.3 is 4.79 Å². The number of rotatable bonds is 3. The van der Waals surface area contributed by atoms with Crippen LogP contribution in [0.3, 0.4) is 0 Å². The number of hydrogen-bond donors (Lipinski definition) is 0. The summed E-state index contributed by atoms with van der Waals surface area (Å²) in [5, 5.41) is 0. The van der Waals surface area contributed by atoms with Crippen LogP contribution < -0.4 is 0 Å². The number of aryl methyl sites for hydroxylation is 1. The Labute approximate surface area is 94.9 Å². The number of nitrogens with zero attached hydrogens (tertiary/aromatic N) is 1. The fourth-order valence-electron chi connectivity index (χ4n) is 1.55. The number of hydrogen-bond acceptors (Lipinski definition) is 3. The topological polar surface area (TPSA) is 54.2 Å². The maximum atomic E-state index is 12.0. The quantitative estimate of drug-likeness (QED) is 0.583. The van der Waals surface area contributed by atoms with E-state index in [0.29, 0.717) is 6.29 Å². The molecule has 1 fully saturated rings. The minimum atomic E-state index is -3.50. The van der Waals surface area contributed by atoms with E-state index in [4.69, 9.17) is 0 Å². The molecule has 86 valence electrons. The highest BCUT2D eigenvalue weighted by atomic mass is 32.2. The van der Waals surface area contributed by atoms with Crippen molar-refractivity contribution in [3.63, 3.8) is 0 Å². The lowest BCUT2D eigenvalue weighted by molar-refractivity contribution is -0.110. The third kappa shape index (κ3) is 1.66. The molecule has 0 N–H and O–H groups in total. The lowest BCUT2D eigenvalue weighted by Crippen LogP contribution is -2.22. The maximum absolute atomic E-state index is 12.0. The van der Waals surface area contributed by atoms with E-state index in [-0.39, 0.29) is 11.4 Å². The number of benzene rings is 1. The molecule has 0 bridgehead atoms. The molecule has 0 spiro atoms. The molecule has 0 radical (unpaired) electrons. The molecule has 0 aromatic heterocycles. The van der Waals surface area contributed by atoms with Gasteiger partial charge in [-0.1, -0.05) is 17.7 Å². The second kappa shape index (κ2) is 3.40. The summed E-state index contributed by atoms with van der Waals surface area (Å²) in [7, 11) is -3.50. The molecule has 1 aromatic carbocycles. The van der Waals surface area contributed by atoms with Crippen LogP contribution in [-0.2, 0) is 14.8 Å². The Morgan fingerprint density at radius 1 is 1.31 bits per heavy atom. The Bertz CT molecular complexity index is 521. The lowest BCUT2D eigenvalue weighted by Gasteiger charge is -2.07. The van der Waals surface area contributed by atoms with Crippen molar-refractivity contribution in [3.05, 3.63) is 29.8 Å². The van der Waals surface area contributed by atoms with Gasteiger partial charge in [0.15, 0.2) is 0 Å². The van der Waals surface area contributed by atoms with Gasteiger partial charge in [-0.15, -0.1) is 0 Å². The van der Waals surface area contributed by atoms with Crippen LogP contribution in [0.5, 0.6) is 0 Å². The lowest BCUT2D eigenvalue weighted by atomic mass is 10.2. The minimum Gasteiger partial charge on any atom is -0.301 e. The number of carbonyl (C=O) groups excluding carboxylic acids is 1. The zero-order chi connectivity index (χ0) is 12.0. The van der Waals surface area contributed by atoms with Crippen molar-refractivity contribution >= 4 is 16.3 Å². The van der Waals surface area contributed by atoms with E-state index in [1.807, 2.05) is 6.92 Å². The van der Waals surface area contributed by atoms with E-state index >= 15 is 0 Å². The van der Waals surface area contributed by atoms with Crippen molar-refractivity contribution in [1.82, 2.24) is 4.31 Å². The van der Waals surface area contributed by atoms with Crippen LogP contribution in [0.25, 0.3) is 0 Å². The largest absolute Gasteiger partial charge is 0.301 e. The number of aldehydes is 1. The van der Waals surface area contributed by atoms with Gasteiger partial charge in [0.25, 0.3) is 0 Å². The molecular weight excluding hydrogens is 226 g/mol.